The van der Waals surface area contributed by atoms with E-state index in [2.05, 4.69) is 0 Å². The third-order valence-electron chi connectivity index (χ3n) is 2.31. The summed E-state index contributed by atoms with van der Waals surface area (Å²) in [5, 5.41) is 0. The van der Waals surface area contributed by atoms with Crippen molar-refractivity contribution in [1.82, 2.24) is 0 Å². The van der Waals surface area contributed by atoms with E-state index in [9.17, 15) is 4.39 Å². The Morgan fingerprint density at radius 1 is 1.50 bits per heavy atom. The molecule has 1 aromatic rings. The summed E-state index contributed by atoms with van der Waals surface area (Å²) in [5.74, 6) is 0.107. The fraction of sp³-hybridized carbons (Fsp3) is 0.455. The summed E-state index contributed by atoms with van der Waals surface area (Å²) >= 11 is 0. The van der Waals surface area contributed by atoms with Gasteiger partial charge in [0.2, 0.25) is 0 Å². The standard InChI is InChI=1S/C11H16FNO/c1-7-4-9(8(2)6-13)11(14-3)10(12)5-7/h4-5,8H,6,13H2,1-3H3. The summed E-state index contributed by atoms with van der Waals surface area (Å²) in [6.45, 7) is 4.30. The molecule has 1 unspecified atom stereocenters. The van der Waals surface area contributed by atoms with Crippen LogP contribution in [0.5, 0.6) is 5.75 Å². The van der Waals surface area contributed by atoms with Crippen LogP contribution in [0.4, 0.5) is 4.39 Å². The van der Waals surface area contributed by atoms with Crippen LogP contribution in [-0.2, 0) is 0 Å². The second-order valence-electron chi connectivity index (χ2n) is 3.51. The van der Waals surface area contributed by atoms with Gasteiger partial charge in [-0.25, -0.2) is 4.39 Å². The molecule has 14 heavy (non-hydrogen) atoms. The van der Waals surface area contributed by atoms with Crippen LogP contribution in [0.2, 0.25) is 0 Å². The second-order valence-corrected chi connectivity index (χ2v) is 3.51. The Labute approximate surface area is 83.9 Å². The fourth-order valence-corrected chi connectivity index (χ4v) is 1.46. The molecule has 0 aliphatic heterocycles. The lowest BCUT2D eigenvalue weighted by Gasteiger charge is -2.15. The van der Waals surface area contributed by atoms with Gasteiger partial charge in [0.05, 0.1) is 7.11 Å². The van der Waals surface area contributed by atoms with E-state index < -0.39 is 0 Å². The molecule has 0 radical (unpaired) electrons. The van der Waals surface area contributed by atoms with E-state index in [-0.39, 0.29) is 11.7 Å². The number of rotatable bonds is 3. The van der Waals surface area contributed by atoms with Crippen molar-refractivity contribution in [2.45, 2.75) is 19.8 Å². The average Bonchev–Trinajstić information content (AvgIpc) is 2.15. The molecule has 0 spiro atoms. The lowest BCUT2D eigenvalue weighted by molar-refractivity contribution is 0.378. The highest BCUT2D eigenvalue weighted by Gasteiger charge is 2.14. The Hall–Kier alpha value is -1.09. The number of halogens is 1. The lowest BCUT2D eigenvalue weighted by Crippen LogP contribution is -2.11. The minimum Gasteiger partial charge on any atom is -0.493 e. The number of nitrogens with two attached hydrogens (primary N) is 1. The van der Waals surface area contributed by atoms with Gasteiger partial charge in [0, 0.05) is 5.56 Å². The van der Waals surface area contributed by atoms with Crippen LogP contribution in [-0.4, -0.2) is 13.7 Å². The number of benzene rings is 1. The van der Waals surface area contributed by atoms with E-state index in [0.29, 0.717) is 12.3 Å². The normalized spacial score (nSPS) is 12.6. The van der Waals surface area contributed by atoms with Crippen molar-refractivity contribution < 1.29 is 9.13 Å². The lowest BCUT2D eigenvalue weighted by atomic mass is 9.98. The molecule has 1 aromatic carbocycles. The van der Waals surface area contributed by atoms with Crippen molar-refractivity contribution in [2.75, 3.05) is 13.7 Å². The molecule has 2 nitrogen and oxygen atoms in total. The predicted molar refractivity (Wildman–Crippen MR) is 55.2 cm³/mol. The quantitative estimate of drug-likeness (QED) is 0.806. The summed E-state index contributed by atoms with van der Waals surface area (Å²) in [7, 11) is 1.47. The Morgan fingerprint density at radius 3 is 2.64 bits per heavy atom. The van der Waals surface area contributed by atoms with Gasteiger partial charge in [0.1, 0.15) is 0 Å². The fourth-order valence-electron chi connectivity index (χ4n) is 1.46. The van der Waals surface area contributed by atoms with Gasteiger partial charge < -0.3 is 10.5 Å². The Bertz CT molecular complexity index is 325. The zero-order valence-electron chi connectivity index (χ0n) is 8.80. The monoisotopic (exact) mass is 197 g/mol. The minimum atomic E-state index is -0.317. The summed E-state index contributed by atoms with van der Waals surface area (Å²) in [4.78, 5) is 0. The highest BCUT2D eigenvalue weighted by Crippen LogP contribution is 2.29. The van der Waals surface area contributed by atoms with Gasteiger partial charge in [-0.15, -0.1) is 0 Å². The van der Waals surface area contributed by atoms with E-state index in [1.807, 2.05) is 19.9 Å². The van der Waals surface area contributed by atoms with Crippen LogP contribution >= 0.6 is 0 Å². The SMILES string of the molecule is COc1c(F)cc(C)cc1C(C)CN. The van der Waals surface area contributed by atoms with Gasteiger partial charge in [-0.2, -0.15) is 0 Å². The first kappa shape index (κ1) is 11.0. The minimum absolute atomic E-state index is 0.111. The van der Waals surface area contributed by atoms with Gasteiger partial charge in [-0.3, -0.25) is 0 Å². The molecule has 0 aliphatic carbocycles. The van der Waals surface area contributed by atoms with Gasteiger partial charge in [0.25, 0.3) is 0 Å². The first-order valence-corrected chi connectivity index (χ1v) is 4.64. The first-order chi connectivity index (χ1) is 6.60. The molecule has 0 heterocycles. The van der Waals surface area contributed by atoms with Crippen LogP contribution in [0, 0.1) is 12.7 Å². The van der Waals surface area contributed by atoms with Gasteiger partial charge in [-0.1, -0.05) is 13.0 Å². The number of aryl methyl sites for hydroxylation is 1. The number of methoxy groups -OCH3 is 1. The van der Waals surface area contributed by atoms with E-state index in [0.717, 1.165) is 11.1 Å². The maximum Gasteiger partial charge on any atom is 0.165 e. The summed E-state index contributed by atoms with van der Waals surface area (Å²) < 4.78 is 18.5. The van der Waals surface area contributed by atoms with E-state index in [1.165, 1.54) is 13.2 Å². The van der Waals surface area contributed by atoms with Gasteiger partial charge in [-0.05, 0) is 31.0 Å². The van der Waals surface area contributed by atoms with E-state index in [1.54, 1.807) is 0 Å². The van der Waals surface area contributed by atoms with Gasteiger partial charge >= 0.3 is 0 Å². The highest BCUT2D eigenvalue weighted by atomic mass is 19.1. The molecular weight excluding hydrogens is 181 g/mol. The summed E-state index contributed by atoms with van der Waals surface area (Å²) in [6, 6.07) is 3.38. The number of hydrogen-bond acceptors (Lipinski definition) is 2. The third kappa shape index (κ3) is 2.04. The second kappa shape index (κ2) is 4.42. The molecule has 1 rings (SSSR count). The van der Waals surface area contributed by atoms with Crippen LogP contribution in [0.3, 0.4) is 0 Å². The molecule has 0 saturated heterocycles. The maximum absolute atomic E-state index is 13.4. The first-order valence-electron chi connectivity index (χ1n) is 4.64. The average molecular weight is 197 g/mol. The molecule has 0 bridgehead atoms. The van der Waals surface area contributed by atoms with Crippen molar-refractivity contribution >= 4 is 0 Å². The molecule has 1 atom stereocenters. The molecular formula is C11H16FNO. The molecule has 0 fully saturated rings. The molecule has 3 heteroatoms. The van der Waals surface area contributed by atoms with Crippen molar-refractivity contribution in [3.63, 3.8) is 0 Å². The van der Waals surface area contributed by atoms with Crippen LogP contribution in [0.1, 0.15) is 24.0 Å². The van der Waals surface area contributed by atoms with Crippen LogP contribution in [0.25, 0.3) is 0 Å². The largest absolute Gasteiger partial charge is 0.493 e. The molecule has 0 aromatic heterocycles. The van der Waals surface area contributed by atoms with Gasteiger partial charge in [0.15, 0.2) is 11.6 Å². The summed E-state index contributed by atoms with van der Waals surface area (Å²) in [6.07, 6.45) is 0. The van der Waals surface area contributed by atoms with E-state index >= 15 is 0 Å². The maximum atomic E-state index is 13.4. The van der Waals surface area contributed by atoms with Crippen LogP contribution in [0.15, 0.2) is 12.1 Å². The topological polar surface area (TPSA) is 35.2 Å². The molecule has 0 saturated carbocycles. The van der Waals surface area contributed by atoms with Crippen molar-refractivity contribution in [3.8, 4) is 5.75 Å². The zero-order valence-corrected chi connectivity index (χ0v) is 8.80. The third-order valence-corrected chi connectivity index (χ3v) is 2.31. The van der Waals surface area contributed by atoms with Crippen molar-refractivity contribution in [3.05, 3.63) is 29.1 Å². The number of ether oxygens (including phenoxy) is 1. The number of hydrogen-bond donors (Lipinski definition) is 1. The Balaban J connectivity index is 3.24. The van der Waals surface area contributed by atoms with E-state index in [4.69, 9.17) is 10.5 Å². The summed E-state index contributed by atoms with van der Waals surface area (Å²) in [5.41, 5.74) is 7.28. The van der Waals surface area contributed by atoms with Crippen LogP contribution < -0.4 is 10.5 Å². The molecule has 2 N–H and O–H groups in total. The zero-order chi connectivity index (χ0) is 10.7. The van der Waals surface area contributed by atoms with Crippen molar-refractivity contribution in [2.24, 2.45) is 5.73 Å². The molecule has 78 valence electrons. The highest BCUT2D eigenvalue weighted by molar-refractivity contribution is 5.40. The predicted octanol–water partition coefficient (Wildman–Crippen LogP) is 2.20. The Morgan fingerprint density at radius 2 is 2.14 bits per heavy atom. The molecule has 0 aliphatic rings. The smallest absolute Gasteiger partial charge is 0.165 e. The van der Waals surface area contributed by atoms with Crippen molar-refractivity contribution in [1.29, 1.82) is 0 Å². The molecule has 0 amide bonds. The Kier molecular flexibility index (Phi) is 3.47.